The van der Waals surface area contributed by atoms with E-state index in [1.807, 2.05) is 36.4 Å². The van der Waals surface area contributed by atoms with Gasteiger partial charge in [-0.1, -0.05) is 54.6 Å². The average Bonchev–Trinajstić information content (AvgIpc) is 2.78. The quantitative estimate of drug-likeness (QED) is 0.252. The number of halogens is 2. The SMILES string of the molecule is NCCCNCc1cccc2ccccc12.[Cl-].[Cl-].[Pt+4].c1ccc(-c2ccccn2)nc1. The fourth-order valence-electron chi connectivity index (χ4n) is 2.93. The number of pyridine rings is 2. The van der Waals surface area contributed by atoms with Crippen LogP contribution in [0.1, 0.15) is 12.0 Å². The summed E-state index contributed by atoms with van der Waals surface area (Å²) in [5.74, 6) is 0. The van der Waals surface area contributed by atoms with Gasteiger partial charge in [0.15, 0.2) is 0 Å². The molecule has 0 aliphatic heterocycles. The van der Waals surface area contributed by atoms with Crippen molar-refractivity contribution in [3.8, 4) is 11.4 Å². The zero-order valence-electron chi connectivity index (χ0n) is 17.0. The van der Waals surface area contributed by atoms with Crippen LogP contribution in [0.25, 0.3) is 22.2 Å². The van der Waals surface area contributed by atoms with Gasteiger partial charge in [0, 0.05) is 18.9 Å². The molecule has 0 aliphatic carbocycles. The molecular weight excluding hydrogens is 610 g/mol. The third-order valence-electron chi connectivity index (χ3n) is 4.35. The van der Waals surface area contributed by atoms with Gasteiger partial charge in [-0.2, -0.15) is 0 Å². The monoisotopic (exact) mass is 635 g/mol. The van der Waals surface area contributed by atoms with Crippen molar-refractivity contribution in [3.05, 3.63) is 96.8 Å². The summed E-state index contributed by atoms with van der Waals surface area (Å²) < 4.78 is 0. The van der Waals surface area contributed by atoms with Crippen LogP contribution in [-0.2, 0) is 27.6 Å². The normalized spacial score (nSPS) is 9.32. The van der Waals surface area contributed by atoms with Gasteiger partial charge in [0.2, 0.25) is 0 Å². The maximum atomic E-state index is 5.46. The van der Waals surface area contributed by atoms with Gasteiger partial charge in [-0.25, -0.2) is 0 Å². The number of hydrogen-bond donors (Lipinski definition) is 2. The van der Waals surface area contributed by atoms with Crippen molar-refractivity contribution in [2.45, 2.75) is 13.0 Å². The molecule has 2 aromatic carbocycles. The summed E-state index contributed by atoms with van der Waals surface area (Å²) in [6.45, 7) is 2.66. The second kappa shape index (κ2) is 16.8. The molecule has 0 atom stereocenters. The Morgan fingerprint density at radius 2 is 1.29 bits per heavy atom. The minimum atomic E-state index is 0. The number of hydrogen-bond acceptors (Lipinski definition) is 4. The van der Waals surface area contributed by atoms with Gasteiger partial charge >= 0.3 is 21.1 Å². The molecule has 4 rings (SSSR count). The number of rotatable bonds is 6. The summed E-state index contributed by atoms with van der Waals surface area (Å²) in [6.07, 6.45) is 4.57. The predicted molar refractivity (Wildman–Crippen MR) is 117 cm³/mol. The van der Waals surface area contributed by atoms with Gasteiger partial charge in [0.05, 0.1) is 11.4 Å². The average molecular weight is 636 g/mol. The molecule has 7 heteroatoms. The summed E-state index contributed by atoms with van der Waals surface area (Å²) in [6, 6.07) is 26.5. The van der Waals surface area contributed by atoms with Gasteiger partial charge in [0.25, 0.3) is 0 Å². The van der Waals surface area contributed by atoms with Gasteiger partial charge < -0.3 is 35.9 Å². The van der Waals surface area contributed by atoms with Crippen LogP contribution in [0.3, 0.4) is 0 Å². The molecule has 2 heterocycles. The van der Waals surface area contributed by atoms with Crippen LogP contribution >= 0.6 is 0 Å². The Morgan fingerprint density at radius 1 is 0.710 bits per heavy atom. The first-order chi connectivity index (χ1) is 13.9. The third-order valence-corrected chi connectivity index (χ3v) is 4.35. The third kappa shape index (κ3) is 9.47. The van der Waals surface area contributed by atoms with Crippen LogP contribution < -0.4 is 35.9 Å². The fraction of sp³-hybridized carbons (Fsp3) is 0.167. The Morgan fingerprint density at radius 3 is 1.87 bits per heavy atom. The zero-order chi connectivity index (χ0) is 19.4. The van der Waals surface area contributed by atoms with Crippen molar-refractivity contribution in [2.75, 3.05) is 13.1 Å². The smallest absolute Gasteiger partial charge is 1.00 e. The zero-order valence-corrected chi connectivity index (χ0v) is 20.8. The molecule has 3 N–H and O–H groups in total. The standard InChI is InChI=1S/C14H18N2.C10H8N2.2ClH.Pt/c15-9-4-10-16-11-13-7-3-6-12-5-1-2-8-14(12)13;1-3-7-11-9(5-1)10-6-2-4-8-12-10;;;/h1-3,5-8,16H,4,9-11,15H2;1-8H;2*1H;/q;;;;+4/p-2. The van der Waals surface area contributed by atoms with Gasteiger partial charge in [-0.15, -0.1) is 0 Å². The van der Waals surface area contributed by atoms with Crippen molar-refractivity contribution in [1.82, 2.24) is 15.3 Å². The summed E-state index contributed by atoms with van der Waals surface area (Å²) in [5, 5.41) is 6.06. The van der Waals surface area contributed by atoms with E-state index in [1.165, 1.54) is 16.3 Å². The molecule has 0 radical (unpaired) electrons. The molecule has 0 unspecified atom stereocenters. The van der Waals surface area contributed by atoms with Crippen LogP contribution in [0.2, 0.25) is 0 Å². The second-order valence-electron chi connectivity index (χ2n) is 6.39. The predicted octanol–water partition coefficient (Wildman–Crippen LogP) is -1.57. The van der Waals surface area contributed by atoms with Crippen molar-refractivity contribution >= 4 is 10.8 Å². The first-order valence-electron chi connectivity index (χ1n) is 9.58. The molecule has 31 heavy (non-hydrogen) atoms. The number of nitrogens with two attached hydrogens (primary N) is 1. The summed E-state index contributed by atoms with van der Waals surface area (Å²) in [5.41, 5.74) is 8.64. The van der Waals surface area contributed by atoms with Crippen LogP contribution in [0.15, 0.2) is 91.3 Å². The fourth-order valence-corrected chi connectivity index (χ4v) is 2.93. The maximum absolute atomic E-state index is 5.46. The molecule has 2 aromatic heterocycles. The molecule has 0 amide bonds. The van der Waals surface area contributed by atoms with Gasteiger partial charge in [-0.3, -0.25) is 9.97 Å². The van der Waals surface area contributed by atoms with Gasteiger partial charge in [0.1, 0.15) is 0 Å². The molecule has 0 fully saturated rings. The molecule has 0 spiro atoms. The molecule has 0 aliphatic rings. The topological polar surface area (TPSA) is 63.8 Å². The van der Waals surface area contributed by atoms with E-state index in [0.29, 0.717) is 0 Å². The number of benzene rings is 2. The Labute approximate surface area is 211 Å². The first kappa shape index (κ1) is 29.2. The van der Waals surface area contributed by atoms with Crippen LogP contribution in [-0.4, -0.2) is 23.1 Å². The molecule has 0 saturated heterocycles. The molecule has 4 nitrogen and oxygen atoms in total. The summed E-state index contributed by atoms with van der Waals surface area (Å²) >= 11 is 0. The van der Waals surface area contributed by atoms with Crippen LogP contribution in [0.4, 0.5) is 0 Å². The Balaban J connectivity index is 0.000000545. The van der Waals surface area contributed by atoms with E-state index in [9.17, 15) is 0 Å². The van der Waals surface area contributed by atoms with Crippen molar-refractivity contribution in [2.24, 2.45) is 5.73 Å². The van der Waals surface area contributed by atoms with E-state index in [0.717, 1.165) is 37.4 Å². The number of aromatic nitrogens is 2. The second-order valence-corrected chi connectivity index (χ2v) is 6.39. The van der Waals surface area contributed by atoms with Crippen molar-refractivity contribution in [3.63, 3.8) is 0 Å². The van der Waals surface area contributed by atoms with E-state index < -0.39 is 0 Å². The minimum absolute atomic E-state index is 0. The first-order valence-corrected chi connectivity index (χ1v) is 9.58. The molecule has 0 bridgehead atoms. The van der Waals surface area contributed by atoms with Crippen molar-refractivity contribution < 1.29 is 45.9 Å². The Hall–Kier alpha value is -1.81. The van der Waals surface area contributed by atoms with Crippen molar-refractivity contribution in [1.29, 1.82) is 0 Å². The van der Waals surface area contributed by atoms with E-state index >= 15 is 0 Å². The molecule has 4 aromatic rings. The molecule has 164 valence electrons. The van der Waals surface area contributed by atoms with E-state index in [2.05, 4.69) is 57.7 Å². The largest absolute Gasteiger partial charge is 4.00 e. The number of fused-ring (bicyclic) bond motifs is 1. The van der Waals surface area contributed by atoms with Gasteiger partial charge in [-0.05, 0) is 60.1 Å². The van der Waals surface area contributed by atoms with E-state index in [4.69, 9.17) is 5.73 Å². The van der Waals surface area contributed by atoms with E-state index in [-0.39, 0.29) is 45.9 Å². The van der Waals surface area contributed by atoms with E-state index in [1.54, 1.807) is 12.4 Å². The maximum Gasteiger partial charge on any atom is 4.00 e. The van der Waals surface area contributed by atoms with Crippen LogP contribution in [0, 0.1) is 0 Å². The summed E-state index contributed by atoms with van der Waals surface area (Å²) in [4.78, 5) is 8.37. The Bertz CT molecular complexity index is 930. The van der Waals surface area contributed by atoms with Crippen LogP contribution in [0.5, 0.6) is 0 Å². The number of nitrogens with zero attached hydrogens (tertiary/aromatic N) is 2. The Kier molecular flexibility index (Phi) is 15.8. The molecular formula is C24H26Cl2N4Pt+2. The number of nitrogens with one attached hydrogen (secondary N) is 1. The molecule has 0 saturated carbocycles. The summed E-state index contributed by atoms with van der Waals surface area (Å²) in [7, 11) is 0. The minimum Gasteiger partial charge on any atom is -1.00 e.